The topological polar surface area (TPSA) is 25.4 Å². The molecule has 0 amide bonds. The lowest BCUT2D eigenvalue weighted by molar-refractivity contribution is -0.0332. The summed E-state index contributed by atoms with van der Waals surface area (Å²) in [5, 5.41) is 0.874. The second kappa shape index (κ2) is 8.73. The lowest BCUT2D eigenvalue weighted by Crippen LogP contribution is -2.54. The normalized spacial score (nSPS) is 28.1. The SMILES string of the molecule is CC[C@H]1CN2CC[C@H]1C[C@@H]2[C@@H](F)c1ccnc2ccc(OC)cc12.Cl.Cl. The van der Waals surface area contributed by atoms with Gasteiger partial charge in [0.25, 0.3) is 0 Å². The number of halogens is 3. The van der Waals surface area contributed by atoms with E-state index in [-0.39, 0.29) is 30.9 Å². The van der Waals surface area contributed by atoms with Crippen LogP contribution in [0.5, 0.6) is 5.75 Å². The van der Waals surface area contributed by atoms with Crippen LogP contribution in [0, 0.1) is 11.8 Å². The first kappa shape index (κ1) is 21.2. The number of piperidine rings is 3. The molecule has 144 valence electrons. The van der Waals surface area contributed by atoms with E-state index >= 15 is 4.39 Å². The van der Waals surface area contributed by atoms with E-state index in [2.05, 4.69) is 16.8 Å². The Kier molecular flexibility index (Phi) is 7.12. The molecule has 6 heteroatoms. The molecular weight excluding hydrogens is 374 g/mol. The molecule has 5 rings (SSSR count). The minimum absolute atomic E-state index is 0. The number of benzene rings is 1. The number of alkyl halides is 1. The van der Waals surface area contributed by atoms with Crippen LogP contribution in [0.1, 0.15) is 37.9 Å². The number of nitrogens with zero attached hydrogens (tertiary/aromatic N) is 2. The Balaban J connectivity index is 0.00000121. The predicted molar refractivity (Wildman–Crippen MR) is 109 cm³/mol. The molecule has 0 spiro atoms. The maximum atomic E-state index is 15.6. The molecule has 3 aliphatic heterocycles. The van der Waals surface area contributed by atoms with Crippen LogP contribution in [0.3, 0.4) is 0 Å². The molecule has 1 aromatic heterocycles. The Morgan fingerprint density at radius 3 is 2.77 bits per heavy atom. The molecule has 2 bridgehead atoms. The van der Waals surface area contributed by atoms with Crippen LogP contribution in [0.2, 0.25) is 0 Å². The van der Waals surface area contributed by atoms with Gasteiger partial charge in [0, 0.05) is 24.2 Å². The molecule has 0 N–H and O–H groups in total. The van der Waals surface area contributed by atoms with E-state index in [1.807, 2.05) is 24.3 Å². The highest BCUT2D eigenvalue weighted by molar-refractivity contribution is 5.85. The van der Waals surface area contributed by atoms with E-state index in [0.29, 0.717) is 5.92 Å². The summed E-state index contributed by atoms with van der Waals surface area (Å²) < 4.78 is 20.9. The summed E-state index contributed by atoms with van der Waals surface area (Å²) in [7, 11) is 1.64. The average Bonchev–Trinajstić information content (AvgIpc) is 2.66. The van der Waals surface area contributed by atoms with Gasteiger partial charge in [-0.25, -0.2) is 4.39 Å². The van der Waals surface area contributed by atoms with Gasteiger partial charge in [-0.3, -0.25) is 9.88 Å². The zero-order valence-corrected chi connectivity index (χ0v) is 16.9. The van der Waals surface area contributed by atoms with Gasteiger partial charge in [-0.1, -0.05) is 13.3 Å². The van der Waals surface area contributed by atoms with Crippen molar-refractivity contribution in [3.8, 4) is 5.75 Å². The fourth-order valence-electron chi connectivity index (χ4n) is 4.67. The Morgan fingerprint density at radius 2 is 2.12 bits per heavy atom. The zero-order chi connectivity index (χ0) is 16.7. The summed E-state index contributed by atoms with van der Waals surface area (Å²) in [5.74, 6) is 2.18. The van der Waals surface area contributed by atoms with Crippen molar-refractivity contribution in [1.82, 2.24) is 9.88 Å². The predicted octanol–water partition coefficient (Wildman–Crippen LogP) is 5.22. The number of pyridine rings is 1. The highest BCUT2D eigenvalue weighted by Gasteiger charge is 2.43. The van der Waals surface area contributed by atoms with Crippen molar-refractivity contribution in [2.75, 3.05) is 20.2 Å². The van der Waals surface area contributed by atoms with E-state index < -0.39 is 6.17 Å². The fraction of sp³-hybridized carbons (Fsp3) is 0.550. The third kappa shape index (κ3) is 3.64. The van der Waals surface area contributed by atoms with Crippen molar-refractivity contribution in [1.29, 1.82) is 0 Å². The van der Waals surface area contributed by atoms with Crippen LogP contribution in [0.15, 0.2) is 30.5 Å². The van der Waals surface area contributed by atoms with Gasteiger partial charge in [-0.05, 0) is 61.1 Å². The van der Waals surface area contributed by atoms with Gasteiger partial charge < -0.3 is 4.74 Å². The van der Waals surface area contributed by atoms with Gasteiger partial charge in [0.15, 0.2) is 0 Å². The highest BCUT2D eigenvalue weighted by atomic mass is 35.5. The number of fused-ring (bicyclic) bond motifs is 4. The van der Waals surface area contributed by atoms with Gasteiger partial charge in [-0.2, -0.15) is 0 Å². The first-order chi connectivity index (χ1) is 11.7. The standard InChI is InChI=1S/C20H25FN2O.2ClH/c1-3-13-12-23-9-7-14(13)10-19(23)20(21)16-6-8-22-18-5-4-15(24-2)11-17(16)18;;/h4-6,8,11,13-14,19-20H,3,7,9-10,12H2,1-2H3;2*1H/t13-,14-,19+,20-;;/m0../s1. The summed E-state index contributed by atoms with van der Waals surface area (Å²) in [4.78, 5) is 6.76. The van der Waals surface area contributed by atoms with Crippen molar-refractivity contribution >= 4 is 35.7 Å². The van der Waals surface area contributed by atoms with E-state index in [4.69, 9.17) is 4.74 Å². The second-order valence-corrected chi connectivity index (χ2v) is 7.20. The number of hydrogen-bond donors (Lipinski definition) is 0. The number of aromatic nitrogens is 1. The van der Waals surface area contributed by atoms with Crippen LogP contribution < -0.4 is 4.74 Å². The van der Waals surface area contributed by atoms with Crippen LogP contribution in [0.4, 0.5) is 4.39 Å². The zero-order valence-electron chi connectivity index (χ0n) is 15.2. The average molecular weight is 401 g/mol. The molecule has 2 aromatic rings. The van der Waals surface area contributed by atoms with Crippen molar-refractivity contribution in [2.24, 2.45) is 11.8 Å². The molecule has 3 nitrogen and oxygen atoms in total. The molecule has 26 heavy (non-hydrogen) atoms. The maximum Gasteiger partial charge on any atom is 0.141 e. The molecule has 5 atom stereocenters. The minimum Gasteiger partial charge on any atom is -0.497 e. The number of hydrogen-bond acceptors (Lipinski definition) is 3. The van der Waals surface area contributed by atoms with Crippen molar-refractivity contribution in [2.45, 2.75) is 38.4 Å². The van der Waals surface area contributed by atoms with Gasteiger partial charge in [0.1, 0.15) is 11.9 Å². The molecule has 1 unspecified atom stereocenters. The van der Waals surface area contributed by atoms with Crippen LogP contribution >= 0.6 is 24.8 Å². The van der Waals surface area contributed by atoms with Gasteiger partial charge in [0.05, 0.1) is 12.6 Å². The summed E-state index contributed by atoms with van der Waals surface area (Å²) >= 11 is 0. The second-order valence-electron chi connectivity index (χ2n) is 7.20. The van der Waals surface area contributed by atoms with Crippen LogP contribution in [-0.2, 0) is 0 Å². The largest absolute Gasteiger partial charge is 0.497 e. The summed E-state index contributed by atoms with van der Waals surface area (Å²) in [5.41, 5.74) is 1.59. The highest BCUT2D eigenvalue weighted by Crippen LogP contribution is 2.44. The Hall–Kier alpha value is -1.10. The van der Waals surface area contributed by atoms with Crippen LogP contribution in [0.25, 0.3) is 10.9 Å². The molecule has 1 aromatic carbocycles. The summed E-state index contributed by atoms with van der Waals surface area (Å²) in [6.07, 6.45) is 4.17. The molecule has 3 fully saturated rings. The monoisotopic (exact) mass is 400 g/mol. The van der Waals surface area contributed by atoms with Gasteiger partial charge in [0.2, 0.25) is 0 Å². The van der Waals surface area contributed by atoms with E-state index in [1.165, 1.54) is 12.8 Å². The fourth-order valence-corrected chi connectivity index (χ4v) is 4.67. The van der Waals surface area contributed by atoms with Crippen molar-refractivity contribution in [3.63, 3.8) is 0 Å². The first-order valence-electron chi connectivity index (χ1n) is 9.02. The van der Waals surface area contributed by atoms with Crippen molar-refractivity contribution in [3.05, 3.63) is 36.0 Å². The Labute approximate surface area is 167 Å². The van der Waals surface area contributed by atoms with Crippen molar-refractivity contribution < 1.29 is 9.13 Å². The molecule has 0 radical (unpaired) electrons. The van der Waals surface area contributed by atoms with Gasteiger partial charge >= 0.3 is 0 Å². The van der Waals surface area contributed by atoms with Gasteiger partial charge in [-0.15, -0.1) is 24.8 Å². The maximum absolute atomic E-state index is 15.6. The lowest BCUT2D eigenvalue weighted by Gasteiger charge is -2.50. The summed E-state index contributed by atoms with van der Waals surface area (Å²) in [6, 6.07) is 7.54. The molecule has 3 saturated heterocycles. The van der Waals surface area contributed by atoms with E-state index in [9.17, 15) is 0 Å². The molecule has 4 heterocycles. The Bertz CT molecular complexity index is 745. The summed E-state index contributed by atoms with van der Waals surface area (Å²) in [6.45, 7) is 4.36. The van der Waals surface area contributed by atoms with Crippen LogP contribution in [-0.4, -0.2) is 36.1 Å². The number of ether oxygens (including phenoxy) is 1. The molecule has 0 saturated carbocycles. The number of methoxy groups -OCH3 is 1. The quantitative estimate of drug-likeness (QED) is 0.703. The smallest absolute Gasteiger partial charge is 0.141 e. The third-order valence-corrected chi connectivity index (χ3v) is 6.08. The molecule has 3 aliphatic rings. The number of rotatable bonds is 4. The Morgan fingerprint density at radius 1 is 1.31 bits per heavy atom. The van der Waals surface area contributed by atoms with E-state index in [0.717, 1.165) is 47.6 Å². The molecule has 0 aliphatic carbocycles. The molecular formula is C20H27Cl2FN2O. The van der Waals surface area contributed by atoms with E-state index in [1.54, 1.807) is 13.3 Å². The third-order valence-electron chi connectivity index (χ3n) is 6.08. The first-order valence-corrected chi connectivity index (χ1v) is 9.02. The lowest BCUT2D eigenvalue weighted by atomic mass is 9.73. The minimum atomic E-state index is -0.969.